The summed E-state index contributed by atoms with van der Waals surface area (Å²) in [5.74, 6) is 0.0142. The third kappa shape index (κ3) is 4.44. The van der Waals surface area contributed by atoms with Gasteiger partial charge in [0, 0.05) is 17.2 Å². The molecule has 0 spiro atoms. The van der Waals surface area contributed by atoms with Gasteiger partial charge >= 0.3 is 5.97 Å². The van der Waals surface area contributed by atoms with Crippen molar-refractivity contribution in [2.75, 3.05) is 19.7 Å². The van der Waals surface area contributed by atoms with Gasteiger partial charge in [0.15, 0.2) is 0 Å². The van der Waals surface area contributed by atoms with E-state index in [2.05, 4.69) is 28.3 Å². The van der Waals surface area contributed by atoms with Gasteiger partial charge < -0.3 is 10.1 Å². The average molecular weight is 284 g/mol. The van der Waals surface area contributed by atoms with E-state index < -0.39 is 5.97 Å². The lowest BCUT2D eigenvalue weighted by Crippen LogP contribution is -2.27. The van der Waals surface area contributed by atoms with Crippen molar-refractivity contribution in [2.45, 2.75) is 25.7 Å². The molecular formula is C17H20N2O2. The second-order valence-electron chi connectivity index (χ2n) is 5.13. The van der Waals surface area contributed by atoms with E-state index in [1.54, 1.807) is 6.07 Å². The zero-order valence-electron chi connectivity index (χ0n) is 12.3. The Hall–Kier alpha value is -2.12. The van der Waals surface area contributed by atoms with Crippen LogP contribution in [0.1, 0.15) is 41.9 Å². The van der Waals surface area contributed by atoms with Crippen LogP contribution in [0.5, 0.6) is 0 Å². The van der Waals surface area contributed by atoms with Crippen LogP contribution < -0.4 is 5.32 Å². The monoisotopic (exact) mass is 284 g/mol. The van der Waals surface area contributed by atoms with Crippen molar-refractivity contribution in [3.63, 3.8) is 0 Å². The number of ether oxygens (including phenoxy) is 1. The van der Waals surface area contributed by atoms with Crippen LogP contribution in [-0.4, -0.2) is 30.6 Å². The van der Waals surface area contributed by atoms with E-state index in [0.29, 0.717) is 11.6 Å². The molecule has 0 bridgehead atoms. The molecule has 0 aromatic carbocycles. The average Bonchev–Trinajstić information content (AvgIpc) is 2.54. The molecule has 0 saturated carbocycles. The number of hydrogen-bond donors (Lipinski definition) is 1. The van der Waals surface area contributed by atoms with Crippen molar-refractivity contribution in [3.05, 3.63) is 53.2 Å². The number of carbonyl (C=O) groups is 1. The summed E-state index contributed by atoms with van der Waals surface area (Å²) in [6, 6.07) is 5.54. The molecule has 2 rings (SSSR count). The summed E-state index contributed by atoms with van der Waals surface area (Å²) in [5.41, 5.74) is 7.41. The maximum absolute atomic E-state index is 12.0. The molecule has 4 nitrogen and oxygen atoms in total. The quantitative estimate of drug-likeness (QED) is 0.682. The van der Waals surface area contributed by atoms with E-state index in [-0.39, 0.29) is 6.61 Å². The third-order valence-electron chi connectivity index (χ3n) is 3.46. The van der Waals surface area contributed by atoms with E-state index in [0.717, 1.165) is 37.2 Å². The first-order valence-electron chi connectivity index (χ1n) is 7.16. The van der Waals surface area contributed by atoms with Gasteiger partial charge in [-0.25, -0.2) is 9.78 Å². The van der Waals surface area contributed by atoms with Crippen molar-refractivity contribution < 1.29 is 9.53 Å². The smallest absolute Gasteiger partial charge is 0.357 e. The van der Waals surface area contributed by atoms with Crippen LogP contribution in [0.15, 0.2) is 41.8 Å². The van der Waals surface area contributed by atoms with Crippen molar-refractivity contribution in [1.29, 1.82) is 0 Å². The van der Waals surface area contributed by atoms with Crippen molar-refractivity contribution in [3.8, 4) is 0 Å². The van der Waals surface area contributed by atoms with Crippen LogP contribution in [-0.2, 0) is 4.74 Å². The molecule has 1 aliphatic rings. The number of nitrogens with zero attached hydrogens (tertiary/aromatic N) is 1. The lowest BCUT2D eigenvalue weighted by Gasteiger charge is -2.22. The SMILES string of the molecule is C=C=C=C(C)COC(=O)c1cccc(C2CCNCC2)n1. The lowest BCUT2D eigenvalue weighted by molar-refractivity contribution is 0.0533. The summed E-state index contributed by atoms with van der Waals surface area (Å²) in [4.78, 5) is 16.5. The topological polar surface area (TPSA) is 51.2 Å². The number of nitrogens with one attached hydrogen (secondary N) is 1. The summed E-state index contributed by atoms with van der Waals surface area (Å²) in [6.45, 7) is 7.42. The maximum atomic E-state index is 12.0. The van der Waals surface area contributed by atoms with Gasteiger partial charge in [0.1, 0.15) is 12.3 Å². The largest absolute Gasteiger partial charge is 0.456 e. The molecular weight excluding hydrogens is 264 g/mol. The molecule has 1 aliphatic heterocycles. The number of rotatable bonds is 4. The number of piperidine rings is 1. The van der Waals surface area contributed by atoms with Gasteiger partial charge in [0.2, 0.25) is 0 Å². The Bertz CT molecular complexity index is 591. The van der Waals surface area contributed by atoms with E-state index in [4.69, 9.17) is 4.74 Å². The van der Waals surface area contributed by atoms with E-state index in [1.807, 2.05) is 19.1 Å². The fraction of sp³-hybridized carbons (Fsp3) is 0.412. The van der Waals surface area contributed by atoms with Crippen LogP contribution in [0.3, 0.4) is 0 Å². The van der Waals surface area contributed by atoms with Crippen LogP contribution in [0.25, 0.3) is 0 Å². The van der Waals surface area contributed by atoms with Gasteiger partial charge in [-0.2, -0.15) is 0 Å². The summed E-state index contributed by atoms with van der Waals surface area (Å²) < 4.78 is 5.20. The third-order valence-corrected chi connectivity index (χ3v) is 3.46. The molecule has 0 unspecified atom stereocenters. The van der Waals surface area contributed by atoms with E-state index in [9.17, 15) is 4.79 Å². The summed E-state index contributed by atoms with van der Waals surface area (Å²) in [6.07, 6.45) is 2.11. The Morgan fingerprint density at radius 1 is 1.48 bits per heavy atom. The molecule has 0 radical (unpaired) electrons. The number of esters is 1. The van der Waals surface area contributed by atoms with Crippen molar-refractivity contribution in [1.82, 2.24) is 10.3 Å². The second-order valence-corrected chi connectivity index (χ2v) is 5.13. The summed E-state index contributed by atoms with van der Waals surface area (Å²) >= 11 is 0. The highest BCUT2D eigenvalue weighted by Crippen LogP contribution is 2.23. The molecule has 0 amide bonds. The first-order chi connectivity index (χ1) is 10.2. The Morgan fingerprint density at radius 2 is 2.24 bits per heavy atom. The number of carbonyl (C=O) groups excluding carboxylic acids is 1. The Kier molecular flexibility index (Phi) is 5.53. The molecule has 2 heterocycles. The molecule has 1 aromatic rings. The van der Waals surface area contributed by atoms with Crippen LogP contribution >= 0.6 is 0 Å². The molecule has 110 valence electrons. The van der Waals surface area contributed by atoms with Gasteiger partial charge in [-0.05, 0) is 51.6 Å². The minimum Gasteiger partial charge on any atom is -0.456 e. The highest BCUT2D eigenvalue weighted by Gasteiger charge is 2.18. The predicted molar refractivity (Wildman–Crippen MR) is 81.2 cm³/mol. The van der Waals surface area contributed by atoms with E-state index >= 15 is 0 Å². The number of pyridine rings is 1. The molecule has 1 fully saturated rings. The Morgan fingerprint density at radius 3 is 2.95 bits per heavy atom. The van der Waals surface area contributed by atoms with Gasteiger partial charge in [0.25, 0.3) is 0 Å². The van der Waals surface area contributed by atoms with E-state index in [1.165, 1.54) is 0 Å². The van der Waals surface area contributed by atoms with Crippen molar-refractivity contribution >= 4 is 5.97 Å². The molecule has 1 aromatic heterocycles. The summed E-state index contributed by atoms with van der Waals surface area (Å²) in [5, 5.41) is 3.33. The Labute approximate surface area is 125 Å². The highest BCUT2D eigenvalue weighted by molar-refractivity contribution is 5.87. The van der Waals surface area contributed by atoms with Gasteiger partial charge in [-0.3, -0.25) is 0 Å². The number of hydrogen-bond acceptors (Lipinski definition) is 4. The van der Waals surface area contributed by atoms with Crippen molar-refractivity contribution in [2.24, 2.45) is 0 Å². The minimum absolute atomic E-state index is 0.181. The molecule has 0 aliphatic carbocycles. The first kappa shape index (κ1) is 15.3. The van der Waals surface area contributed by atoms with Crippen LogP contribution in [0, 0.1) is 0 Å². The first-order valence-corrected chi connectivity index (χ1v) is 7.16. The fourth-order valence-electron chi connectivity index (χ4n) is 2.34. The molecule has 4 heteroatoms. The fourth-order valence-corrected chi connectivity index (χ4v) is 2.34. The lowest BCUT2D eigenvalue weighted by atomic mass is 9.94. The maximum Gasteiger partial charge on any atom is 0.357 e. The van der Waals surface area contributed by atoms with Gasteiger partial charge in [0.05, 0.1) is 0 Å². The standard InChI is InChI=1S/C17H20N2O2/c1-3-5-13(2)12-21-17(20)16-7-4-6-15(19-16)14-8-10-18-11-9-14/h4,6-7,14,18H,1,8-12H2,2H3. The number of aromatic nitrogens is 1. The molecule has 0 atom stereocenters. The predicted octanol–water partition coefficient (Wildman–Crippen LogP) is 2.59. The zero-order chi connectivity index (χ0) is 15.1. The second kappa shape index (κ2) is 7.61. The minimum atomic E-state index is -0.406. The highest BCUT2D eigenvalue weighted by atomic mass is 16.5. The van der Waals surface area contributed by atoms with Crippen LogP contribution in [0.2, 0.25) is 0 Å². The van der Waals surface area contributed by atoms with Gasteiger partial charge in [-0.1, -0.05) is 17.5 Å². The normalized spacial score (nSPS) is 14.9. The molecule has 21 heavy (non-hydrogen) atoms. The van der Waals surface area contributed by atoms with Gasteiger partial charge in [-0.15, -0.1) is 0 Å². The van der Waals surface area contributed by atoms with Crippen LogP contribution in [0.4, 0.5) is 0 Å². The zero-order valence-corrected chi connectivity index (χ0v) is 12.3. The molecule has 1 saturated heterocycles. The summed E-state index contributed by atoms with van der Waals surface area (Å²) in [7, 11) is 0. The Balaban J connectivity index is 2.04. The molecule has 1 N–H and O–H groups in total.